The Bertz CT molecular complexity index is 534. The van der Waals surface area contributed by atoms with Crippen molar-refractivity contribution < 1.29 is 13.5 Å². The molecule has 2 rings (SSSR count). The minimum atomic E-state index is -3.48. The standard InChI is InChI=1S/C12H18N2O3S/c1-9-4-6-14(7-5-9)18(16,17)10-2-3-12(15)11(13)8-10/h2-3,8-9,15H,4-7,13H2,1H3. The Labute approximate surface area is 107 Å². The van der Waals surface area contributed by atoms with Crippen molar-refractivity contribution >= 4 is 15.7 Å². The van der Waals surface area contributed by atoms with Crippen LogP contribution >= 0.6 is 0 Å². The number of piperidine rings is 1. The molecule has 100 valence electrons. The molecule has 0 amide bonds. The van der Waals surface area contributed by atoms with Crippen LogP contribution < -0.4 is 5.73 Å². The maximum absolute atomic E-state index is 12.3. The highest BCUT2D eigenvalue weighted by molar-refractivity contribution is 7.89. The maximum Gasteiger partial charge on any atom is 0.243 e. The zero-order valence-electron chi connectivity index (χ0n) is 10.3. The molecule has 1 fully saturated rings. The van der Waals surface area contributed by atoms with Crippen molar-refractivity contribution in [3.05, 3.63) is 18.2 Å². The predicted molar refractivity (Wildman–Crippen MR) is 69.7 cm³/mol. The molecule has 0 spiro atoms. The lowest BCUT2D eigenvalue weighted by molar-refractivity contribution is 0.288. The lowest BCUT2D eigenvalue weighted by Gasteiger charge is -2.29. The Balaban J connectivity index is 2.27. The molecule has 5 nitrogen and oxygen atoms in total. The molecular weight excluding hydrogens is 252 g/mol. The smallest absolute Gasteiger partial charge is 0.243 e. The summed E-state index contributed by atoms with van der Waals surface area (Å²) >= 11 is 0. The normalized spacial score (nSPS) is 18.9. The number of sulfonamides is 1. The van der Waals surface area contributed by atoms with Crippen molar-refractivity contribution in [3.8, 4) is 5.75 Å². The first kappa shape index (κ1) is 13.2. The third-order valence-electron chi connectivity index (χ3n) is 3.38. The van der Waals surface area contributed by atoms with E-state index in [-0.39, 0.29) is 16.3 Å². The Hall–Kier alpha value is -1.27. The van der Waals surface area contributed by atoms with E-state index in [1.165, 1.54) is 22.5 Å². The molecule has 0 aromatic heterocycles. The zero-order valence-corrected chi connectivity index (χ0v) is 11.2. The molecule has 1 heterocycles. The number of benzene rings is 1. The number of hydrogen-bond donors (Lipinski definition) is 2. The van der Waals surface area contributed by atoms with E-state index in [4.69, 9.17) is 5.73 Å². The average molecular weight is 270 g/mol. The number of aromatic hydroxyl groups is 1. The summed E-state index contributed by atoms with van der Waals surface area (Å²) < 4.78 is 26.2. The van der Waals surface area contributed by atoms with E-state index in [2.05, 4.69) is 6.92 Å². The average Bonchev–Trinajstić information content (AvgIpc) is 2.33. The van der Waals surface area contributed by atoms with Gasteiger partial charge in [0.1, 0.15) is 5.75 Å². The van der Waals surface area contributed by atoms with Crippen LogP contribution in [0.3, 0.4) is 0 Å². The molecule has 0 bridgehead atoms. The van der Waals surface area contributed by atoms with Crippen molar-refractivity contribution in [2.75, 3.05) is 18.8 Å². The first-order valence-corrected chi connectivity index (χ1v) is 7.44. The van der Waals surface area contributed by atoms with Crippen molar-refractivity contribution in [1.82, 2.24) is 4.31 Å². The third kappa shape index (κ3) is 2.44. The first-order chi connectivity index (χ1) is 8.41. The van der Waals surface area contributed by atoms with Crippen LogP contribution in [-0.4, -0.2) is 30.9 Å². The van der Waals surface area contributed by atoms with Gasteiger partial charge in [0.25, 0.3) is 0 Å². The molecule has 0 radical (unpaired) electrons. The molecule has 6 heteroatoms. The molecule has 0 unspecified atom stereocenters. The van der Waals surface area contributed by atoms with Crippen LogP contribution in [0.4, 0.5) is 5.69 Å². The molecule has 0 saturated carbocycles. The topological polar surface area (TPSA) is 83.6 Å². The van der Waals surface area contributed by atoms with Crippen LogP contribution in [0.5, 0.6) is 5.75 Å². The van der Waals surface area contributed by atoms with Gasteiger partial charge < -0.3 is 10.8 Å². The highest BCUT2D eigenvalue weighted by Crippen LogP contribution is 2.27. The molecule has 1 aliphatic heterocycles. The van der Waals surface area contributed by atoms with Gasteiger partial charge in [0.05, 0.1) is 10.6 Å². The second kappa shape index (κ2) is 4.78. The Morgan fingerprint density at radius 1 is 1.33 bits per heavy atom. The summed E-state index contributed by atoms with van der Waals surface area (Å²) in [6, 6.07) is 4.01. The largest absolute Gasteiger partial charge is 0.506 e. The number of nitrogens with two attached hydrogens (primary N) is 1. The zero-order chi connectivity index (χ0) is 13.3. The summed E-state index contributed by atoms with van der Waals surface area (Å²) in [6.45, 7) is 3.22. The van der Waals surface area contributed by atoms with Crippen LogP contribution in [0.15, 0.2) is 23.1 Å². The lowest BCUT2D eigenvalue weighted by atomic mass is 10.0. The molecule has 3 N–H and O–H groups in total. The van der Waals surface area contributed by atoms with E-state index >= 15 is 0 Å². The van der Waals surface area contributed by atoms with Gasteiger partial charge in [-0.25, -0.2) is 8.42 Å². The molecule has 1 aromatic carbocycles. The number of phenolic OH excluding ortho intramolecular Hbond substituents is 1. The molecule has 1 saturated heterocycles. The second-order valence-corrected chi connectivity index (χ2v) is 6.75. The molecule has 1 aliphatic rings. The Morgan fingerprint density at radius 2 is 1.94 bits per heavy atom. The molecular formula is C12H18N2O3S. The van der Waals surface area contributed by atoms with E-state index in [9.17, 15) is 13.5 Å². The van der Waals surface area contributed by atoms with Gasteiger partial charge in [0.15, 0.2) is 0 Å². The van der Waals surface area contributed by atoms with Gasteiger partial charge in [-0.15, -0.1) is 0 Å². The van der Waals surface area contributed by atoms with Crippen LogP contribution in [0, 0.1) is 5.92 Å². The summed E-state index contributed by atoms with van der Waals surface area (Å²) in [5, 5.41) is 9.32. The monoisotopic (exact) mass is 270 g/mol. The number of rotatable bonds is 2. The number of anilines is 1. The van der Waals surface area contributed by atoms with Gasteiger partial charge in [0, 0.05) is 13.1 Å². The fourth-order valence-electron chi connectivity index (χ4n) is 2.07. The van der Waals surface area contributed by atoms with Gasteiger partial charge in [-0.2, -0.15) is 4.31 Å². The Kier molecular flexibility index (Phi) is 3.49. The molecule has 0 atom stereocenters. The number of hydrogen-bond acceptors (Lipinski definition) is 4. The summed E-state index contributed by atoms with van der Waals surface area (Å²) in [5.74, 6) is 0.475. The van der Waals surface area contributed by atoms with Gasteiger partial charge >= 0.3 is 0 Å². The fourth-order valence-corrected chi connectivity index (χ4v) is 3.57. The van der Waals surface area contributed by atoms with Crippen LogP contribution in [0.25, 0.3) is 0 Å². The van der Waals surface area contributed by atoms with E-state index in [1.54, 1.807) is 0 Å². The quantitative estimate of drug-likeness (QED) is 0.628. The van der Waals surface area contributed by atoms with Gasteiger partial charge in [-0.05, 0) is 37.0 Å². The van der Waals surface area contributed by atoms with E-state index < -0.39 is 10.0 Å². The highest BCUT2D eigenvalue weighted by Gasteiger charge is 2.28. The second-order valence-electron chi connectivity index (χ2n) is 4.81. The minimum absolute atomic E-state index is 0.0847. The maximum atomic E-state index is 12.3. The first-order valence-electron chi connectivity index (χ1n) is 6.00. The lowest BCUT2D eigenvalue weighted by Crippen LogP contribution is -2.37. The van der Waals surface area contributed by atoms with E-state index in [0.29, 0.717) is 19.0 Å². The van der Waals surface area contributed by atoms with E-state index in [1.807, 2.05) is 0 Å². The van der Waals surface area contributed by atoms with E-state index in [0.717, 1.165) is 12.8 Å². The molecule has 18 heavy (non-hydrogen) atoms. The summed E-state index contributed by atoms with van der Waals surface area (Å²) in [4.78, 5) is 0.146. The molecule has 1 aromatic rings. The summed E-state index contributed by atoms with van der Waals surface area (Å²) in [5.41, 5.74) is 5.62. The summed E-state index contributed by atoms with van der Waals surface area (Å²) in [6.07, 6.45) is 1.76. The Morgan fingerprint density at radius 3 is 2.50 bits per heavy atom. The highest BCUT2D eigenvalue weighted by atomic mass is 32.2. The predicted octanol–water partition coefficient (Wildman–Crippen LogP) is 1.40. The number of nitrogens with zero attached hydrogens (tertiary/aromatic N) is 1. The van der Waals surface area contributed by atoms with Crippen molar-refractivity contribution in [3.63, 3.8) is 0 Å². The van der Waals surface area contributed by atoms with Gasteiger partial charge in [0.2, 0.25) is 10.0 Å². The fraction of sp³-hybridized carbons (Fsp3) is 0.500. The van der Waals surface area contributed by atoms with Crippen molar-refractivity contribution in [1.29, 1.82) is 0 Å². The number of phenols is 1. The summed E-state index contributed by atoms with van der Waals surface area (Å²) in [7, 11) is -3.48. The van der Waals surface area contributed by atoms with Crippen molar-refractivity contribution in [2.45, 2.75) is 24.7 Å². The van der Waals surface area contributed by atoms with Gasteiger partial charge in [-0.1, -0.05) is 6.92 Å². The SMILES string of the molecule is CC1CCN(S(=O)(=O)c2ccc(O)c(N)c2)CC1. The minimum Gasteiger partial charge on any atom is -0.506 e. The number of nitrogen functional groups attached to an aromatic ring is 1. The van der Waals surface area contributed by atoms with Crippen molar-refractivity contribution in [2.24, 2.45) is 5.92 Å². The van der Waals surface area contributed by atoms with Crippen LogP contribution in [0.1, 0.15) is 19.8 Å². The van der Waals surface area contributed by atoms with Crippen LogP contribution in [0.2, 0.25) is 0 Å². The molecule has 0 aliphatic carbocycles. The van der Waals surface area contributed by atoms with Gasteiger partial charge in [-0.3, -0.25) is 0 Å². The third-order valence-corrected chi connectivity index (χ3v) is 5.27. The van der Waals surface area contributed by atoms with Crippen LogP contribution in [-0.2, 0) is 10.0 Å².